The number of aromatic carboxylic acids is 1. The molecule has 91 heavy (non-hydrogen) atoms. The maximum absolute atomic E-state index is 11.0. The highest BCUT2D eigenvalue weighted by atomic mass is 18.0. The number of carboxylic acids is 1. The minimum absolute atomic E-state index is 0.0501. The molecular weight excluding hydrogens is 1320 g/mol. The summed E-state index contributed by atoms with van der Waals surface area (Å²) in [6.45, 7) is 6.88. The maximum atomic E-state index is 11.0. The van der Waals surface area contributed by atoms with Crippen molar-refractivity contribution >= 4 is 12.3 Å². The van der Waals surface area contributed by atoms with Gasteiger partial charge in [-0.25, -0.2) is 25.8 Å². The topological polar surface area (TPSA) is 628 Å². The van der Waals surface area contributed by atoms with Crippen LogP contribution in [0.3, 0.4) is 0 Å². The van der Waals surface area contributed by atoms with Crippen LogP contribution in [0.25, 0.3) is 0 Å². The Balaban J connectivity index is 0.00000117. The Labute approximate surface area is 492 Å². The van der Waals surface area contributed by atoms with Gasteiger partial charge in [-0.05, 0) is 230 Å². The van der Waals surface area contributed by atoms with Crippen LogP contribution >= 0.6 is 0 Å². The summed E-state index contributed by atoms with van der Waals surface area (Å²) in [6.07, 6.45) is 2.75. The number of carbonyl (C=O) groups excluding carboxylic acids is 1. The summed E-state index contributed by atoms with van der Waals surface area (Å²) >= 11 is 0. The Morgan fingerprint density at radius 2 is 0.582 bits per heavy atom. The van der Waals surface area contributed by atoms with E-state index in [1.165, 1.54) is 35.9 Å². The number of carboxylic acid groups (broad SMARTS) is 1. The summed E-state index contributed by atoms with van der Waals surface area (Å²) in [5.74, 6) is -0.460. The second-order valence-electron chi connectivity index (χ2n) is 12.0. The summed E-state index contributed by atoms with van der Waals surface area (Å²) < 4.78 is 11.0. The van der Waals surface area contributed by atoms with Crippen molar-refractivity contribution in [2.75, 3.05) is 0 Å². The monoisotopic (exact) mass is 1360 g/mol. The molecule has 58 heteroatoms. The molecule has 0 spiro atoms. The molecule has 0 bridgehead atoms. The molecule has 0 atom stereocenters. The highest BCUT2D eigenvalue weighted by molar-refractivity contribution is 5.91. The highest BCUT2D eigenvalue weighted by Gasteiger charge is 2.13. The van der Waals surface area contributed by atoms with Crippen molar-refractivity contribution in [3.05, 3.63) is 131 Å². The summed E-state index contributed by atoms with van der Waals surface area (Å²) in [5.41, 5.74) is 3.65. The van der Waals surface area contributed by atoms with E-state index in [1.807, 2.05) is 67.6 Å². The molecule has 0 unspecified atom stereocenters. The van der Waals surface area contributed by atoms with Crippen LogP contribution in [0.1, 0.15) is 52.6 Å². The van der Waals surface area contributed by atoms with E-state index in [4.69, 9.17) is 35.6 Å². The number of allylic oxidation sites excluding steroid dienone is 2. The molecule has 0 saturated carbocycles. The molecule has 58 nitrogen and oxygen atoms in total. The van der Waals surface area contributed by atoms with Crippen LogP contribution in [-0.4, -0.2) is 48.6 Å². The van der Waals surface area contributed by atoms with Crippen LogP contribution < -0.4 is 9.47 Å². The van der Waals surface area contributed by atoms with Crippen LogP contribution in [0.15, 0.2) is 109 Å². The highest BCUT2D eigenvalue weighted by Crippen LogP contribution is 2.25. The lowest BCUT2D eigenvalue weighted by atomic mass is 10.2. The van der Waals surface area contributed by atoms with Gasteiger partial charge in [0, 0.05) is 75.6 Å². The molecule has 4 rings (SSSR count). The molecule has 4 aromatic carbocycles. The van der Waals surface area contributed by atoms with E-state index < -0.39 is 5.97 Å². The number of hydrogen-bond donors (Lipinski definition) is 7. The van der Waals surface area contributed by atoms with Crippen molar-refractivity contribution in [1.82, 2.24) is 0 Å². The molecule has 518 valence electrons. The van der Waals surface area contributed by atoms with Crippen molar-refractivity contribution in [2.45, 2.75) is 34.0 Å². The number of phenolic OH excluding ortho intramolecular Hbond substituents is 2. The summed E-state index contributed by atoms with van der Waals surface area (Å²) in [5, 5.41) is 216. The predicted molar refractivity (Wildman–Crippen MR) is 217 cm³/mol. The largest absolute Gasteiger partial charge is 0.508 e. The van der Waals surface area contributed by atoms with Crippen molar-refractivity contribution in [1.29, 1.82) is 0 Å². The minimum Gasteiger partial charge on any atom is -0.508 e. The van der Waals surface area contributed by atoms with Crippen LogP contribution in [0.2, 0.25) is 0 Å². The first-order valence-electron chi connectivity index (χ1n) is 20.7. The van der Waals surface area contributed by atoms with E-state index >= 15 is 0 Å². The maximum Gasteiger partial charge on any atom is 0.339 e. The molecule has 0 aliphatic carbocycles. The molecule has 0 fully saturated rings. The van der Waals surface area contributed by atoms with Crippen LogP contribution in [-0.2, 0) is 250 Å². The van der Waals surface area contributed by atoms with Gasteiger partial charge in [-0.1, -0.05) is 72.3 Å². The Bertz CT molecular complexity index is 2190. The van der Waals surface area contributed by atoms with E-state index in [9.17, 15) is 19.8 Å². The smallest absolute Gasteiger partial charge is 0.339 e. The van der Waals surface area contributed by atoms with E-state index in [2.05, 4.69) is 257 Å². The third-order valence-corrected chi connectivity index (χ3v) is 6.63. The average Bonchev–Trinajstić information content (AvgIpc) is 1.94. The second kappa shape index (κ2) is 65.9. The van der Waals surface area contributed by atoms with E-state index in [-0.39, 0.29) is 29.4 Å². The normalized spacial score (nSPS) is 10.5. The zero-order valence-corrected chi connectivity index (χ0v) is 43.8. The number of benzene rings is 4. The fourth-order valence-electron chi connectivity index (χ4n) is 3.53. The first kappa shape index (κ1) is 83.9. The van der Waals surface area contributed by atoms with Crippen molar-refractivity contribution in [2.24, 2.45) is 0 Å². The van der Waals surface area contributed by atoms with Gasteiger partial charge in [-0.2, -0.15) is 0 Å². The summed E-state index contributed by atoms with van der Waals surface area (Å²) in [6, 6.07) is 27.6. The zero-order valence-electron chi connectivity index (χ0n) is 43.8. The number of rotatable bonds is 53. The Kier molecular flexibility index (Phi) is 60.7. The Hall–Kier alpha value is -7.08. The number of phenols is 2. The van der Waals surface area contributed by atoms with E-state index in [0.717, 1.165) is 11.1 Å². The number of aromatic hydroxyl groups is 2. The molecule has 0 aliphatic heterocycles. The molecular formula is C33H38O58. The third-order valence-electron chi connectivity index (χ3n) is 6.63. The quantitative estimate of drug-likeness (QED) is 0.0107. The molecule has 0 aliphatic rings. The second-order valence-corrected chi connectivity index (χ2v) is 12.0. The van der Waals surface area contributed by atoms with Gasteiger partial charge in [0.1, 0.15) is 41.8 Å². The number of hydrogen-bond acceptors (Lipinski definition) is 57. The molecule has 0 saturated heterocycles. The molecule has 7 N–H and O–H groups in total. The van der Waals surface area contributed by atoms with Gasteiger partial charge in [0.15, 0.2) is 6.29 Å². The minimum atomic E-state index is -1.13. The number of aldehydes is 1. The average molecular weight is 1360 g/mol. The fraction of sp³-hybridized carbons (Fsp3) is 0.152. The first-order valence-corrected chi connectivity index (χ1v) is 20.7. The van der Waals surface area contributed by atoms with Gasteiger partial charge in [0.25, 0.3) is 0 Å². The van der Waals surface area contributed by atoms with Gasteiger partial charge in [-0.3, -0.25) is 4.79 Å². The van der Waals surface area contributed by atoms with Crippen molar-refractivity contribution < 1.29 is 292 Å². The lowest BCUT2D eigenvalue weighted by Crippen LogP contribution is -2.05. The summed E-state index contributed by atoms with van der Waals surface area (Å²) in [4.78, 5) is 21.8. The standard InChI is InChI=1S/C14H12O4.C14H12O3.C5H10.H2O26.H2O25/c15-11-6-7-13(12(8-11)14(16)17)18-9-10-4-2-1-3-5-10;15-9-12-8-13(16)6-7-14(12)17-10-11-4-2-1-3-5-11;1-4-5(2)3;1-3-5-7-9-11-13-15-17-19-21-23-25-26-24-22-20-18-16-14-12-10-8-6-4-2;1-3-5-7-9-11-13-15-17-19-21-23-25-24-22-20-18-16-14-12-10-8-6-4-2/h1-8,15H,9H2,(H,16,17);1-9,16H,10H2;4H,1-3H3;1-2H;1-2H. The van der Waals surface area contributed by atoms with Crippen LogP contribution in [0.5, 0.6) is 23.0 Å². The molecule has 0 radical (unpaired) electrons. The lowest BCUT2D eigenvalue weighted by Gasteiger charge is -2.09. The first-order chi connectivity index (χ1) is 44.6. The van der Waals surface area contributed by atoms with Crippen LogP contribution in [0.4, 0.5) is 0 Å². The fourth-order valence-corrected chi connectivity index (χ4v) is 3.53. The molecule has 4 aromatic rings. The van der Waals surface area contributed by atoms with Crippen molar-refractivity contribution in [3.8, 4) is 23.0 Å². The van der Waals surface area contributed by atoms with E-state index in [1.54, 1.807) is 6.07 Å². The molecule has 0 heterocycles. The van der Waals surface area contributed by atoms with Crippen molar-refractivity contribution in [3.63, 3.8) is 0 Å². The SMILES string of the molecule is CC=C(C)C.O=C(O)c1cc(O)ccc1OCc1ccccc1.O=Cc1cc(O)ccc1OCc1ccccc1.OOOOOOOOOOOOOOOOOOOOOOOOO.OOOOOOOOOOOOOOOOOOOOOOOOOO. The third kappa shape index (κ3) is 56.6. The van der Waals surface area contributed by atoms with E-state index in [0.29, 0.717) is 24.2 Å². The Morgan fingerprint density at radius 1 is 0.352 bits per heavy atom. The number of ether oxygens (including phenoxy) is 2. The lowest BCUT2D eigenvalue weighted by molar-refractivity contribution is -0.901. The molecule has 0 aromatic heterocycles. The van der Waals surface area contributed by atoms with Gasteiger partial charge >= 0.3 is 5.97 Å². The van der Waals surface area contributed by atoms with Gasteiger partial charge in [0.2, 0.25) is 0 Å². The summed E-state index contributed by atoms with van der Waals surface area (Å²) in [7, 11) is 0. The van der Waals surface area contributed by atoms with Gasteiger partial charge in [0.05, 0.1) is 5.56 Å². The zero-order chi connectivity index (χ0) is 66.6. The van der Waals surface area contributed by atoms with Crippen LogP contribution in [0, 0.1) is 0 Å². The number of carbonyl (C=O) groups is 2. The Morgan fingerprint density at radius 3 is 0.813 bits per heavy atom. The van der Waals surface area contributed by atoms with Gasteiger partial charge in [-0.15, -0.1) is 0 Å². The predicted octanol–water partition coefficient (Wildman–Crippen LogP) is 4.25. The van der Waals surface area contributed by atoms with Gasteiger partial charge < -0.3 is 24.8 Å². The molecule has 0 amide bonds.